The third-order valence-electron chi connectivity index (χ3n) is 1.97. The lowest BCUT2D eigenvalue weighted by Gasteiger charge is -2.15. The molecule has 0 spiro atoms. The normalized spacial score (nSPS) is 14.2. The van der Waals surface area contributed by atoms with Crippen LogP contribution in [-0.4, -0.2) is 12.4 Å². The van der Waals surface area contributed by atoms with Gasteiger partial charge in [0.05, 0.1) is 11.6 Å². The molecule has 1 aromatic carbocycles. The number of rotatable bonds is 0. The van der Waals surface area contributed by atoms with Gasteiger partial charge in [-0.2, -0.15) is 5.26 Å². The number of ether oxygens (including phenoxy) is 1. The van der Waals surface area contributed by atoms with Gasteiger partial charge in [-0.1, -0.05) is 0 Å². The molecule has 0 N–H and O–H groups in total. The Hall–Kier alpha value is -1.82. The Morgan fingerprint density at radius 1 is 1.46 bits per heavy atom. The van der Waals surface area contributed by atoms with Gasteiger partial charge in [-0.3, -0.25) is 4.79 Å². The number of ketones is 1. The topological polar surface area (TPSA) is 50.1 Å². The van der Waals surface area contributed by atoms with E-state index in [-0.39, 0.29) is 12.4 Å². The molecule has 0 aromatic heterocycles. The maximum Gasteiger partial charge on any atom is 0.174 e. The summed E-state index contributed by atoms with van der Waals surface area (Å²) in [6.45, 7) is 0.152. The monoisotopic (exact) mass is 173 g/mol. The second-order valence-corrected chi connectivity index (χ2v) is 2.94. The van der Waals surface area contributed by atoms with Crippen LogP contribution in [0.25, 0.3) is 0 Å². The minimum Gasteiger partial charge on any atom is -0.486 e. The van der Waals surface area contributed by atoms with Crippen LogP contribution in [0.2, 0.25) is 0 Å². The summed E-state index contributed by atoms with van der Waals surface area (Å²) in [6, 6.07) is 7.15. The van der Waals surface area contributed by atoms with Crippen LogP contribution in [0.5, 0.6) is 5.75 Å². The summed E-state index contributed by atoms with van der Waals surface area (Å²) < 4.78 is 5.18. The molecule has 0 bridgehead atoms. The quantitative estimate of drug-likeness (QED) is 0.589. The molecule has 0 unspecified atom stereocenters. The maximum absolute atomic E-state index is 11.0. The number of hydrogen-bond donors (Lipinski definition) is 0. The van der Waals surface area contributed by atoms with Crippen molar-refractivity contribution in [2.45, 2.75) is 6.42 Å². The van der Waals surface area contributed by atoms with E-state index in [1.54, 1.807) is 18.2 Å². The first kappa shape index (κ1) is 7.81. The fourth-order valence-electron chi connectivity index (χ4n) is 1.35. The number of fused-ring (bicyclic) bond motifs is 1. The summed E-state index contributed by atoms with van der Waals surface area (Å²) >= 11 is 0. The number of Topliss-reactive ketones (excluding diaryl/α,β-unsaturated/α-hetero) is 1. The molecule has 0 saturated carbocycles. The highest BCUT2D eigenvalue weighted by Gasteiger charge is 2.16. The van der Waals surface area contributed by atoms with Crippen LogP contribution < -0.4 is 4.74 Å². The molecule has 3 nitrogen and oxygen atoms in total. The van der Waals surface area contributed by atoms with Crippen molar-refractivity contribution in [3.63, 3.8) is 0 Å². The highest BCUT2D eigenvalue weighted by molar-refractivity contribution is 5.84. The maximum atomic E-state index is 11.0. The molecule has 0 amide bonds. The number of carbonyl (C=O) groups excluding carboxylic acids is 1. The van der Waals surface area contributed by atoms with Crippen LogP contribution in [0, 0.1) is 11.3 Å². The molecule has 1 aliphatic rings. The summed E-state index contributed by atoms with van der Waals surface area (Å²) in [6.07, 6.45) is 0.380. The Labute approximate surface area is 75.6 Å². The van der Waals surface area contributed by atoms with Gasteiger partial charge >= 0.3 is 0 Å². The van der Waals surface area contributed by atoms with Gasteiger partial charge in [-0.25, -0.2) is 0 Å². The summed E-state index contributed by atoms with van der Waals surface area (Å²) in [7, 11) is 0. The van der Waals surface area contributed by atoms with Gasteiger partial charge in [-0.05, 0) is 18.2 Å². The zero-order chi connectivity index (χ0) is 9.26. The number of hydrogen-bond acceptors (Lipinski definition) is 3. The van der Waals surface area contributed by atoms with E-state index in [0.29, 0.717) is 12.0 Å². The third-order valence-corrected chi connectivity index (χ3v) is 1.97. The Morgan fingerprint density at radius 3 is 3.08 bits per heavy atom. The summed E-state index contributed by atoms with van der Waals surface area (Å²) in [5.74, 6) is 0.779. The lowest BCUT2D eigenvalue weighted by Crippen LogP contribution is -2.20. The fourth-order valence-corrected chi connectivity index (χ4v) is 1.35. The smallest absolute Gasteiger partial charge is 0.174 e. The molecule has 0 atom stereocenters. The van der Waals surface area contributed by atoms with Crippen molar-refractivity contribution >= 4 is 5.78 Å². The van der Waals surface area contributed by atoms with E-state index in [2.05, 4.69) is 0 Å². The van der Waals surface area contributed by atoms with Gasteiger partial charge in [0.15, 0.2) is 5.78 Å². The average molecular weight is 173 g/mol. The van der Waals surface area contributed by atoms with E-state index >= 15 is 0 Å². The van der Waals surface area contributed by atoms with Crippen molar-refractivity contribution in [2.24, 2.45) is 0 Å². The summed E-state index contributed by atoms with van der Waals surface area (Å²) in [5, 5.41) is 8.63. The SMILES string of the molecule is N#Cc1ccc2c(c1)CC(=O)CO2. The van der Waals surface area contributed by atoms with E-state index in [4.69, 9.17) is 10.00 Å². The Kier molecular flexibility index (Phi) is 1.75. The Morgan fingerprint density at radius 2 is 2.31 bits per heavy atom. The third kappa shape index (κ3) is 1.38. The van der Waals surface area contributed by atoms with E-state index in [1.165, 1.54) is 0 Å². The zero-order valence-corrected chi connectivity index (χ0v) is 6.91. The molecule has 0 aliphatic carbocycles. The molecule has 0 radical (unpaired) electrons. The van der Waals surface area contributed by atoms with Crippen LogP contribution >= 0.6 is 0 Å². The second-order valence-electron chi connectivity index (χ2n) is 2.94. The van der Waals surface area contributed by atoms with Crippen molar-refractivity contribution in [3.8, 4) is 11.8 Å². The Bertz CT molecular complexity index is 404. The van der Waals surface area contributed by atoms with Crippen molar-refractivity contribution in [2.75, 3.05) is 6.61 Å². The Balaban J connectivity index is 2.45. The average Bonchev–Trinajstić information content (AvgIpc) is 2.16. The second kappa shape index (κ2) is 2.91. The molecular weight excluding hydrogens is 166 g/mol. The number of carbonyl (C=O) groups is 1. The van der Waals surface area contributed by atoms with Gasteiger partial charge in [0.1, 0.15) is 12.4 Å². The van der Waals surface area contributed by atoms with Crippen LogP contribution in [0.1, 0.15) is 11.1 Å². The molecular formula is C10H7NO2. The molecule has 1 aromatic rings. The number of nitriles is 1. The van der Waals surface area contributed by atoms with Crippen LogP contribution in [-0.2, 0) is 11.2 Å². The molecule has 3 heteroatoms. The predicted octanol–water partition coefficient (Wildman–Crippen LogP) is 1.06. The molecule has 2 rings (SSSR count). The van der Waals surface area contributed by atoms with Gasteiger partial charge in [0.25, 0.3) is 0 Å². The minimum absolute atomic E-state index is 0.0580. The predicted molar refractivity (Wildman–Crippen MR) is 45.4 cm³/mol. The highest BCUT2D eigenvalue weighted by atomic mass is 16.5. The van der Waals surface area contributed by atoms with Crippen LogP contribution in [0.3, 0.4) is 0 Å². The standard InChI is InChI=1S/C10H7NO2/c11-5-7-1-2-10-8(3-7)4-9(12)6-13-10/h1-3H,4,6H2. The van der Waals surface area contributed by atoms with Crippen molar-refractivity contribution < 1.29 is 9.53 Å². The molecule has 0 saturated heterocycles. The lowest BCUT2D eigenvalue weighted by molar-refractivity contribution is -0.121. The van der Waals surface area contributed by atoms with E-state index in [0.717, 1.165) is 11.3 Å². The number of benzene rings is 1. The molecule has 0 fully saturated rings. The minimum atomic E-state index is 0.0580. The van der Waals surface area contributed by atoms with Gasteiger partial charge in [0, 0.05) is 12.0 Å². The molecule has 1 heterocycles. The van der Waals surface area contributed by atoms with Gasteiger partial charge < -0.3 is 4.74 Å². The van der Waals surface area contributed by atoms with Crippen molar-refractivity contribution in [3.05, 3.63) is 29.3 Å². The van der Waals surface area contributed by atoms with E-state index < -0.39 is 0 Å². The van der Waals surface area contributed by atoms with E-state index in [9.17, 15) is 4.79 Å². The first-order chi connectivity index (χ1) is 6.29. The molecule has 13 heavy (non-hydrogen) atoms. The molecule has 1 aliphatic heterocycles. The van der Waals surface area contributed by atoms with E-state index in [1.807, 2.05) is 6.07 Å². The highest BCUT2D eigenvalue weighted by Crippen LogP contribution is 2.23. The number of nitrogens with zero attached hydrogens (tertiary/aromatic N) is 1. The van der Waals surface area contributed by atoms with Crippen molar-refractivity contribution in [1.82, 2.24) is 0 Å². The van der Waals surface area contributed by atoms with Gasteiger partial charge in [0.2, 0.25) is 0 Å². The van der Waals surface area contributed by atoms with Crippen LogP contribution in [0.4, 0.5) is 0 Å². The lowest BCUT2D eigenvalue weighted by atomic mass is 10.0. The zero-order valence-electron chi connectivity index (χ0n) is 6.91. The first-order valence-electron chi connectivity index (χ1n) is 3.97. The summed E-state index contributed by atoms with van der Waals surface area (Å²) in [4.78, 5) is 11.0. The van der Waals surface area contributed by atoms with Crippen molar-refractivity contribution in [1.29, 1.82) is 5.26 Å². The van der Waals surface area contributed by atoms with Crippen LogP contribution in [0.15, 0.2) is 18.2 Å². The van der Waals surface area contributed by atoms with Gasteiger partial charge in [-0.15, -0.1) is 0 Å². The largest absolute Gasteiger partial charge is 0.486 e. The first-order valence-corrected chi connectivity index (χ1v) is 3.97. The summed E-state index contributed by atoms with van der Waals surface area (Å²) in [5.41, 5.74) is 1.38. The molecule has 64 valence electrons. The fraction of sp³-hybridized carbons (Fsp3) is 0.200.